The van der Waals surface area contributed by atoms with Gasteiger partial charge in [-0.3, -0.25) is 23.1 Å². The summed E-state index contributed by atoms with van der Waals surface area (Å²) in [4.78, 5) is 16.5. The molecule has 0 bridgehead atoms. The maximum absolute atomic E-state index is 11.2. The highest BCUT2D eigenvalue weighted by Gasteiger charge is 2.11. The molecule has 2 rings (SSSR count). The van der Waals surface area contributed by atoms with Crippen molar-refractivity contribution in [1.82, 2.24) is 25.7 Å². The minimum atomic E-state index is -4.34. The van der Waals surface area contributed by atoms with Crippen LogP contribution >= 0.6 is 24.1 Å². The Balaban J connectivity index is 1.74. The van der Waals surface area contributed by atoms with Gasteiger partial charge in [0.2, 0.25) is 17.1 Å². The number of hydrogen-bond donors (Lipinski definition) is 6. The number of benzene rings is 1. The van der Waals surface area contributed by atoms with Crippen molar-refractivity contribution in [3.63, 3.8) is 0 Å². The van der Waals surface area contributed by atoms with Gasteiger partial charge in [0, 0.05) is 17.7 Å². The molecule has 1 heterocycles. The van der Waals surface area contributed by atoms with Crippen LogP contribution in [-0.2, 0) is 23.3 Å². The molecule has 172 valence electrons. The second-order valence-electron chi connectivity index (χ2n) is 5.27. The van der Waals surface area contributed by atoms with Gasteiger partial charge in [0.05, 0.1) is 36.8 Å². The van der Waals surface area contributed by atoms with Crippen molar-refractivity contribution in [3.05, 3.63) is 24.3 Å². The van der Waals surface area contributed by atoms with Gasteiger partial charge in [0.15, 0.2) is 0 Å². The van der Waals surface area contributed by atoms with Gasteiger partial charge in [-0.05, 0) is 18.2 Å². The average molecular weight is 496 g/mol. The van der Waals surface area contributed by atoms with Crippen LogP contribution in [0.3, 0.4) is 0 Å². The monoisotopic (exact) mass is 495 g/mol. The Bertz CT molecular complexity index is 923. The van der Waals surface area contributed by atoms with Crippen LogP contribution in [0, 0.1) is 0 Å². The zero-order valence-electron chi connectivity index (χ0n) is 15.9. The van der Waals surface area contributed by atoms with Crippen molar-refractivity contribution in [2.24, 2.45) is 0 Å². The van der Waals surface area contributed by atoms with Crippen LogP contribution < -0.4 is 21.8 Å². The molecular formula is C14H21N7O7S3. The average Bonchev–Trinajstić information content (AvgIpc) is 2.71. The lowest BCUT2D eigenvalue weighted by atomic mass is 10.3. The van der Waals surface area contributed by atoms with Crippen molar-refractivity contribution < 1.29 is 31.3 Å². The third kappa shape index (κ3) is 10.4. The van der Waals surface area contributed by atoms with Gasteiger partial charge in [0.1, 0.15) is 12.7 Å². The first-order valence-electron chi connectivity index (χ1n) is 8.44. The number of anilines is 3. The molecule has 0 amide bonds. The molecule has 1 aromatic carbocycles. The molecule has 17 heteroatoms. The Labute approximate surface area is 186 Å². The maximum Gasteiger partial charge on any atom is 0.294 e. The van der Waals surface area contributed by atoms with Crippen LogP contribution in [0.15, 0.2) is 34.3 Å². The molecule has 0 fully saturated rings. The van der Waals surface area contributed by atoms with Crippen LogP contribution in [0.1, 0.15) is 0 Å². The second-order valence-corrected chi connectivity index (χ2v) is 8.17. The van der Waals surface area contributed by atoms with E-state index in [4.69, 9.17) is 28.6 Å². The lowest BCUT2D eigenvalue weighted by Gasteiger charge is -2.08. The summed E-state index contributed by atoms with van der Waals surface area (Å²) < 4.78 is 42.1. The Morgan fingerprint density at radius 1 is 1.19 bits per heavy atom. The number of nitrogens with zero attached hydrogens (tertiary/aromatic N) is 3. The number of hydroxylamine groups is 1. The molecule has 0 spiro atoms. The fourth-order valence-corrected chi connectivity index (χ4v) is 3.28. The van der Waals surface area contributed by atoms with Gasteiger partial charge in [-0.1, -0.05) is 6.07 Å². The summed E-state index contributed by atoms with van der Waals surface area (Å²) in [5.74, 6) is 0.152. The van der Waals surface area contributed by atoms with Gasteiger partial charge >= 0.3 is 0 Å². The Hall–Kier alpha value is -1.80. The number of aliphatic hydroxyl groups is 1. The third-order valence-electron chi connectivity index (χ3n) is 2.99. The summed E-state index contributed by atoms with van der Waals surface area (Å²) in [5.41, 5.74) is 8.56. The number of aliphatic hydroxyl groups excluding tert-OH is 1. The smallest absolute Gasteiger partial charge is 0.294 e. The third-order valence-corrected chi connectivity index (χ3v) is 5.05. The topological polar surface area (TPSA) is 203 Å². The number of rotatable bonds is 15. The van der Waals surface area contributed by atoms with E-state index in [0.717, 1.165) is 24.1 Å². The van der Waals surface area contributed by atoms with Crippen LogP contribution in [-0.4, -0.2) is 65.6 Å². The van der Waals surface area contributed by atoms with E-state index < -0.39 is 10.1 Å². The SMILES string of the molecule is Nc1nc(Nc2cccc(S(=O)(=O)O)c2)nc(SOCSOCNCNOCCO)n1. The van der Waals surface area contributed by atoms with Crippen molar-refractivity contribution in [3.8, 4) is 0 Å². The van der Waals surface area contributed by atoms with E-state index in [1.807, 2.05) is 0 Å². The Morgan fingerprint density at radius 3 is 2.81 bits per heavy atom. The quantitative estimate of drug-likeness (QED) is 0.0637. The fourth-order valence-electron chi connectivity index (χ4n) is 1.81. The van der Waals surface area contributed by atoms with E-state index in [0.29, 0.717) is 12.4 Å². The molecule has 14 nitrogen and oxygen atoms in total. The molecule has 7 N–H and O–H groups in total. The van der Waals surface area contributed by atoms with Crippen LogP contribution in [0.5, 0.6) is 0 Å². The first-order chi connectivity index (χ1) is 14.9. The van der Waals surface area contributed by atoms with Gasteiger partial charge in [-0.2, -0.15) is 28.8 Å². The molecule has 0 aliphatic rings. The first-order valence-corrected chi connectivity index (χ1v) is 11.5. The highest BCUT2D eigenvalue weighted by molar-refractivity contribution is 7.97. The number of nitrogens with one attached hydrogen (secondary N) is 3. The van der Waals surface area contributed by atoms with Crippen LogP contribution in [0.4, 0.5) is 17.6 Å². The minimum absolute atomic E-state index is 0.0649. The van der Waals surface area contributed by atoms with Crippen molar-refractivity contribution in [2.75, 3.05) is 43.6 Å². The predicted octanol–water partition coefficient (Wildman–Crippen LogP) is 0.108. The lowest BCUT2D eigenvalue weighted by Crippen LogP contribution is -2.30. The van der Waals surface area contributed by atoms with Crippen molar-refractivity contribution in [2.45, 2.75) is 10.1 Å². The lowest BCUT2D eigenvalue weighted by molar-refractivity contribution is 0.0118. The number of nitrogen functional groups attached to an aromatic ring is 1. The fraction of sp³-hybridized carbons (Fsp3) is 0.357. The maximum atomic E-state index is 11.2. The molecule has 1 aromatic heterocycles. The summed E-state index contributed by atoms with van der Waals surface area (Å²) in [6.07, 6.45) is 0. The molecule has 0 aliphatic heterocycles. The highest BCUT2D eigenvalue weighted by Crippen LogP contribution is 2.22. The van der Waals surface area contributed by atoms with E-state index in [9.17, 15) is 8.42 Å². The minimum Gasteiger partial charge on any atom is -0.394 e. The molecule has 31 heavy (non-hydrogen) atoms. The standard InChI is InChI=1S/C14H21N7O7S3/c15-12-19-13(18-10-2-1-3-11(6-10)31(23,24)25)21-14(20-12)30-28-9-29-27-8-16-7-17-26-5-4-22/h1-3,6,16-17,22H,4-5,7-9H2,(H,23,24,25)(H3,15,18,19,20,21). The van der Waals surface area contributed by atoms with Gasteiger partial charge in [-0.25, -0.2) is 0 Å². The van der Waals surface area contributed by atoms with E-state index in [-0.39, 0.29) is 47.8 Å². The molecule has 0 atom stereocenters. The first kappa shape index (κ1) is 25.5. The molecule has 0 unspecified atom stereocenters. The zero-order valence-corrected chi connectivity index (χ0v) is 18.4. The molecule has 0 aliphatic carbocycles. The predicted molar refractivity (Wildman–Crippen MR) is 113 cm³/mol. The molecule has 2 aromatic rings. The van der Waals surface area contributed by atoms with E-state index in [1.54, 1.807) is 6.07 Å². The highest BCUT2D eigenvalue weighted by atomic mass is 32.2. The van der Waals surface area contributed by atoms with Crippen LogP contribution in [0.2, 0.25) is 0 Å². The Kier molecular flexibility index (Phi) is 11.2. The molecule has 0 saturated carbocycles. The number of nitrogens with two attached hydrogens (primary N) is 1. The van der Waals surface area contributed by atoms with E-state index >= 15 is 0 Å². The van der Waals surface area contributed by atoms with Crippen LogP contribution in [0.25, 0.3) is 0 Å². The van der Waals surface area contributed by atoms with E-state index in [2.05, 4.69) is 31.1 Å². The summed E-state index contributed by atoms with van der Waals surface area (Å²) in [7, 11) is -4.34. The normalized spacial score (nSPS) is 11.5. The Morgan fingerprint density at radius 2 is 2.03 bits per heavy atom. The van der Waals surface area contributed by atoms with Crippen molar-refractivity contribution in [1.29, 1.82) is 0 Å². The van der Waals surface area contributed by atoms with E-state index in [1.165, 1.54) is 18.2 Å². The summed E-state index contributed by atoms with van der Waals surface area (Å²) in [5, 5.41) is 14.4. The second kappa shape index (κ2) is 13.6. The zero-order chi connectivity index (χ0) is 22.5. The van der Waals surface area contributed by atoms with Gasteiger partial charge in [0.25, 0.3) is 10.1 Å². The van der Waals surface area contributed by atoms with Gasteiger partial charge < -0.3 is 16.2 Å². The van der Waals surface area contributed by atoms with Crippen molar-refractivity contribution >= 4 is 51.8 Å². The summed E-state index contributed by atoms with van der Waals surface area (Å²) >= 11 is 1.89. The largest absolute Gasteiger partial charge is 0.394 e. The molecular weight excluding hydrogens is 474 g/mol. The summed E-state index contributed by atoms with van der Waals surface area (Å²) in [6.45, 7) is 0.685. The molecule has 0 radical (unpaired) electrons. The number of hydrogen-bond acceptors (Lipinski definition) is 15. The summed E-state index contributed by atoms with van der Waals surface area (Å²) in [6, 6.07) is 5.47. The molecule has 0 saturated heterocycles. The number of aromatic nitrogens is 3. The van der Waals surface area contributed by atoms with Gasteiger partial charge in [-0.15, -0.1) is 0 Å².